The van der Waals surface area contributed by atoms with Crippen LogP contribution in [0.5, 0.6) is 0 Å². The van der Waals surface area contributed by atoms with E-state index in [-0.39, 0.29) is 11.8 Å². The molecule has 1 fully saturated rings. The van der Waals surface area contributed by atoms with E-state index in [0.29, 0.717) is 6.54 Å². The summed E-state index contributed by atoms with van der Waals surface area (Å²) >= 11 is 0. The van der Waals surface area contributed by atoms with Crippen molar-refractivity contribution in [3.63, 3.8) is 0 Å². The van der Waals surface area contributed by atoms with Gasteiger partial charge >= 0.3 is 0 Å². The third-order valence-electron chi connectivity index (χ3n) is 3.86. The Morgan fingerprint density at radius 1 is 1.17 bits per heavy atom. The van der Waals surface area contributed by atoms with Gasteiger partial charge in [0.15, 0.2) is 5.96 Å². The lowest BCUT2D eigenvalue weighted by Crippen LogP contribution is -2.39. The zero-order valence-corrected chi connectivity index (χ0v) is 15.6. The molecule has 1 saturated heterocycles. The monoisotopic (exact) mass is 352 g/mol. The number of likely N-dealkylation sites (tertiary alicyclic amines) is 1. The zero-order chi connectivity index (χ0) is 17.6. The molecule has 0 amide bonds. The van der Waals surface area contributed by atoms with Gasteiger partial charge in [-0.25, -0.2) is 13.1 Å². The number of rotatable bonds is 6. The summed E-state index contributed by atoms with van der Waals surface area (Å²) in [5.41, 5.74) is 1.89. The van der Waals surface area contributed by atoms with Gasteiger partial charge in [0.05, 0.1) is 5.75 Å². The first-order valence-corrected chi connectivity index (χ1v) is 10.1. The van der Waals surface area contributed by atoms with Gasteiger partial charge in [-0.3, -0.25) is 4.99 Å². The zero-order valence-electron chi connectivity index (χ0n) is 14.7. The summed E-state index contributed by atoms with van der Waals surface area (Å²) in [6, 6.07) is 7.58. The first-order chi connectivity index (χ1) is 11.4. The summed E-state index contributed by atoms with van der Waals surface area (Å²) in [5, 5.41) is 3.37. The maximum atomic E-state index is 12.0. The average molecular weight is 353 g/mol. The average Bonchev–Trinajstić information content (AvgIpc) is 3.02. The summed E-state index contributed by atoms with van der Waals surface area (Å²) in [6.45, 7) is 6.43. The second-order valence-electron chi connectivity index (χ2n) is 6.44. The van der Waals surface area contributed by atoms with Crippen molar-refractivity contribution in [2.75, 3.05) is 20.1 Å². The van der Waals surface area contributed by atoms with Gasteiger partial charge in [-0.2, -0.15) is 0 Å². The highest BCUT2D eigenvalue weighted by molar-refractivity contribution is 7.88. The summed E-state index contributed by atoms with van der Waals surface area (Å²) in [6.07, 6.45) is 2.43. The molecule has 1 aliphatic heterocycles. The van der Waals surface area contributed by atoms with Crippen molar-refractivity contribution < 1.29 is 8.42 Å². The van der Waals surface area contributed by atoms with E-state index in [4.69, 9.17) is 0 Å². The molecule has 0 aromatic heterocycles. The van der Waals surface area contributed by atoms with E-state index in [1.54, 1.807) is 7.05 Å². The number of nitrogens with one attached hydrogen (secondary N) is 2. The summed E-state index contributed by atoms with van der Waals surface area (Å²) < 4.78 is 26.5. The van der Waals surface area contributed by atoms with Gasteiger partial charge in [0.1, 0.15) is 0 Å². The van der Waals surface area contributed by atoms with Gasteiger partial charge in [-0.1, -0.05) is 24.3 Å². The molecule has 0 aliphatic carbocycles. The normalized spacial score (nSPS) is 16.0. The van der Waals surface area contributed by atoms with Gasteiger partial charge in [0.25, 0.3) is 0 Å². The van der Waals surface area contributed by atoms with Crippen LogP contribution in [0.1, 0.15) is 37.8 Å². The largest absolute Gasteiger partial charge is 0.352 e. The second-order valence-corrected chi connectivity index (χ2v) is 8.20. The number of hydrogen-bond acceptors (Lipinski definition) is 3. The van der Waals surface area contributed by atoms with Gasteiger partial charge < -0.3 is 10.2 Å². The third kappa shape index (κ3) is 5.79. The van der Waals surface area contributed by atoms with Gasteiger partial charge in [0.2, 0.25) is 10.0 Å². The van der Waals surface area contributed by atoms with E-state index in [0.717, 1.165) is 30.2 Å². The van der Waals surface area contributed by atoms with Crippen molar-refractivity contribution in [3.8, 4) is 0 Å². The van der Waals surface area contributed by atoms with Crippen LogP contribution < -0.4 is 10.0 Å². The Kier molecular flexibility index (Phi) is 6.62. The molecule has 2 N–H and O–H groups in total. The van der Waals surface area contributed by atoms with Crippen molar-refractivity contribution in [3.05, 3.63) is 35.4 Å². The predicted octanol–water partition coefficient (Wildman–Crippen LogP) is 1.69. The van der Waals surface area contributed by atoms with E-state index in [1.165, 1.54) is 12.8 Å². The lowest BCUT2D eigenvalue weighted by molar-refractivity contribution is 0.493. The van der Waals surface area contributed by atoms with Crippen LogP contribution in [0.15, 0.2) is 29.3 Å². The van der Waals surface area contributed by atoms with Crippen molar-refractivity contribution in [1.29, 1.82) is 0 Å². The molecule has 0 bridgehead atoms. The van der Waals surface area contributed by atoms with Crippen LogP contribution >= 0.6 is 0 Å². The number of sulfonamides is 1. The standard InChI is InChI=1S/C17H28N4O2S/c1-14(2)20-24(22,23)13-16-8-6-15(7-9-16)12-19-17(18-3)21-10-4-5-11-21/h6-9,14,20H,4-5,10-13H2,1-3H3,(H,18,19). The van der Waals surface area contributed by atoms with Crippen LogP contribution in [0.4, 0.5) is 0 Å². The number of hydrogen-bond donors (Lipinski definition) is 2. The molecule has 0 saturated carbocycles. The Balaban J connectivity index is 1.90. The summed E-state index contributed by atoms with van der Waals surface area (Å²) in [4.78, 5) is 6.58. The lowest BCUT2D eigenvalue weighted by Gasteiger charge is -2.20. The molecule has 7 heteroatoms. The van der Waals surface area contributed by atoms with E-state index in [9.17, 15) is 8.42 Å². The molecular weight excluding hydrogens is 324 g/mol. The van der Waals surface area contributed by atoms with Gasteiger partial charge in [0, 0.05) is 32.7 Å². The van der Waals surface area contributed by atoms with Gasteiger partial charge in [-0.05, 0) is 37.8 Å². The number of benzene rings is 1. The molecule has 134 valence electrons. The SMILES string of the molecule is CN=C(NCc1ccc(CS(=O)(=O)NC(C)C)cc1)N1CCCC1. The van der Waals surface area contributed by atoms with Crippen molar-refractivity contribution in [1.82, 2.24) is 14.9 Å². The minimum absolute atomic E-state index is 0.00827. The maximum absolute atomic E-state index is 12.0. The van der Waals surface area contributed by atoms with Crippen LogP contribution in [0.25, 0.3) is 0 Å². The van der Waals surface area contributed by atoms with E-state index < -0.39 is 10.0 Å². The highest BCUT2D eigenvalue weighted by Crippen LogP contribution is 2.10. The van der Waals surface area contributed by atoms with Crippen LogP contribution in [0.3, 0.4) is 0 Å². The molecule has 1 aliphatic rings. The minimum Gasteiger partial charge on any atom is -0.352 e. The Bertz CT molecular complexity index is 648. The predicted molar refractivity (Wildman–Crippen MR) is 98.3 cm³/mol. The maximum Gasteiger partial charge on any atom is 0.216 e. The first-order valence-electron chi connectivity index (χ1n) is 8.43. The number of aliphatic imine (C=N–C) groups is 1. The Hall–Kier alpha value is -1.60. The molecule has 2 rings (SSSR count). The van der Waals surface area contributed by atoms with Crippen LogP contribution in [-0.2, 0) is 22.3 Å². The highest BCUT2D eigenvalue weighted by Gasteiger charge is 2.15. The van der Waals surface area contributed by atoms with Crippen LogP contribution in [-0.4, -0.2) is 45.5 Å². The van der Waals surface area contributed by atoms with Gasteiger partial charge in [-0.15, -0.1) is 0 Å². The topological polar surface area (TPSA) is 73.8 Å². The molecule has 1 aromatic rings. The van der Waals surface area contributed by atoms with E-state index in [2.05, 4.69) is 19.9 Å². The van der Waals surface area contributed by atoms with Crippen molar-refractivity contribution in [2.24, 2.45) is 4.99 Å². The summed E-state index contributed by atoms with van der Waals surface area (Å²) in [5.74, 6) is 0.939. The Morgan fingerprint density at radius 2 is 1.75 bits per heavy atom. The molecule has 24 heavy (non-hydrogen) atoms. The fourth-order valence-corrected chi connectivity index (χ4v) is 4.25. The molecule has 1 heterocycles. The summed E-state index contributed by atoms with van der Waals surface area (Å²) in [7, 11) is -1.48. The van der Waals surface area contributed by atoms with Crippen molar-refractivity contribution >= 4 is 16.0 Å². The quantitative estimate of drug-likeness (QED) is 0.603. The Morgan fingerprint density at radius 3 is 2.29 bits per heavy atom. The number of guanidine groups is 1. The molecule has 0 unspecified atom stereocenters. The fourth-order valence-electron chi connectivity index (χ4n) is 2.82. The smallest absolute Gasteiger partial charge is 0.216 e. The second kappa shape index (κ2) is 8.48. The number of nitrogens with zero attached hydrogens (tertiary/aromatic N) is 2. The Labute approximate surface area is 145 Å². The van der Waals surface area contributed by atoms with Crippen LogP contribution in [0.2, 0.25) is 0 Å². The molecule has 0 radical (unpaired) electrons. The van der Waals surface area contributed by atoms with Crippen molar-refractivity contribution in [2.45, 2.75) is 45.0 Å². The highest BCUT2D eigenvalue weighted by atomic mass is 32.2. The van der Waals surface area contributed by atoms with Crippen LogP contribution in [0, 0.1) is 0 Å². The molecule has 0 atom stereocenters. The van der Waals surface area contributed by atoms with E-state index >= 15 is 0 Å². The third-order valence-corrected chi connectivity index (χ3v) is 5.41. The molecule has 0 spiro atoms. The minimum atomic E-state index is -3.28. The van der Waals surface area contributed by atoms with E-state index in [1.807, 2.05) is 38.1 Å². The fraction of sp³-hybridized carbons (Fsp3) is 0.588. The lowest BCUT2D eigenvalue weighted by atomic mass is 10.1. The molecular formula is C17H28N4O2S. The molecule has 6 nitrogen and oxygen atoms in total. The first kappa shape index (κ1) is 18.7. The molecule has 1 aromatic carbocycles.